The zero-order valence-electron chi connectivity index (χ0n) is 17.9. The van der Waals surface area contributed by atoms with Crippen molar-refractivity contribution < 1.29 is 23.5 Å². The average molecular weight is 444 g/mol. The maximum absolute atomic E-state index is 12.5. The van der Waals surface area contributed by atoms with Gasteiger partial charge < -0.3 is 19.2 Å². The van der Waals surface area contributed by atoms with Gasteiger partial charge in [0.2, 0.25) is 0 Å². The van der Waals surface area contributed by atoms with Crippen LogP contribution in [0, 0.1) is 12.8 Å². The van der Waals surface area contributed by atoms with Crippen molar-refractivity contribution in [2.24, 2.45) is 5.92 Å². The minimum Gasteiger partial charge on any atom is -0.484 e. The van der Waals surface area contributed by atoms with Crippen LogP contribution in [0.3, 0.4) is 0 Å². The highest BCUT2D eigenvalue weighted by Crippen LogP contribution is 2.31. The Bertz CT molecular complexity index is 1160. The van der Waals surface area contributed by atoms with Crippen LogP contribution in [0.2, 0.25) is 0 Å². The molecule has 0 fully saturated rings. The predicted octanol–water partition coefficient (Wildman–Crippen LogP) is 4.56. The summed E-state index contributed by atoms with van der Waals surface area (Å²) in [5.41, 5.74) is 2.01. The molecule has 0 spiro atoms. The zero-order chi connectivity index (χ0) is 22.5. The maximum atomic E-state index is 12.5. The largest absolute Gasteiger partial charge is 0.484 e. The fourth-order valence-corrected chi connectivity index (χ4v) is 4.19. The van der Waals surface area contributed by atoms with Gasteiger partial charge in [0.05, 0.1) is 12.2 Å². The molecule has 1 aromatic carbocycles. The summed E-state index contributed by atoms with van der Waals surface area (Å²) in [7, 11) is 0. The van der Waals surface area contributed by atoms with Crippen molar-refractivity contribution in [2.45, 2.75) is 34.1 Å². The zero-order valence-corrected chi connectivity index (χ0v) is 18.8. The molecule has 2 heterocycles. The molecule has 3 rings (SSSR count). The number of ether oxygens (including phenoxy) is 2. The second-order valence-corrected chi connectivity index (χ2v) is 8.41. The molecule has 0 aliphatic carbocycles. The lowest BCUT2D eigenvalue weighted by atomic mass is 10.0. The first-order valence-electron chi connectivity index (χ1n) is 10.0. The van der Waals surface area contributed by atoms with Gasteiger partial charge in [-0.25, -0.2) is 9.59 Å². The van der Waals surface area contributed by atoms with Gasteiger partial charge in [-0.15, -0.1) is 11.3 Å². The lowest BCUT2D eigenvalue weighted by Gasteiger charge is -2.10. The van der Waals surface area contributed by atoms with Gasteiger partial charge in [-0.2, -0.15) is 0 Å². The predicted molar refractivity (Wildman–Crippen MR) is 120 cm³/mol. The summed E-state index contributed by atoms with van der Waals surface area (Å²) in [6.45, 7) is 7.68. The van der Waals surface area contributed by atoms with Gasteiger partial charge >= 0.3 is 11.6 Å². The van der Waals surface area contributed by atoms with Gasteiger partial charge in [0, 0.05) is 17.5 Å². The van der Waals surface area contributed by atoms with Crippen LogP contribution in [0.4, 0.5) is 5.00 Å². The molecule has 0 atom stereocenters. The SMILES string of the molecule is CCOC(=O)c1c(CC(C)C)csc1NC(=O)COc1ccc2c(C)cc(=O)oc2c1. The Morgan fingerprint density at radius 3 is 2.71 bits per heavy atom. The van der Waals surface area contributed by atoms with Crippen molar-refractivity contribution in [1.29, 1.82) is 0 Å². The molecule has 0 radical (unpaired) electrons. The first kappa shape index (κ1) is 22.6. The average Bonchev–Trinajstić information content (AvgIpc) is 3.07. The summed E-state index contributed by atoms with van der Waals surface area (Å²) >= 11 is 1.29. The first-order valence-corrected chi connectivity index (χ1v) is 10.9. The number of hydrogen-bond acceptors (Lipinski definition) is 7. The highest BCUT2D eigenvalue weighted by atomic mass is 32.1. The van der Waals surface area contributed by atoms with Crippen LogP contribution in [0.1, 0.15) is 42.3 Å². The molecule has 164 valence electrons. The van der Waals surface area contributed by atoms with Crippen LogP contribution >= 0.6 is 11.3 Å². The molecule has 2 aromatic heterocycles. The van der Waals surface area contributed by atoms with Gasteiger partial charge in [-0.3, -0.25) is 4.79 Å². The number of esters is 1. The minimum atomic E-state index is -0.449. The van der Waals surface area contributed by atoms with Crippen molar-refractivity contribution >= 4 is 39.2 Å². The Kier molecular flexibility index (Phi) is 7.12. The summed E-state index contributed by atoms with van der Waals surface area (Å²) < 4.78 is 15.9. The number of benzene rings is 1. The second-order valence-electron chi connectivity index (χ2n) is 7.53. The summed E-state index contributed by atoms with van der Waals surface area (Å²) in [5, 5.41) is 5.87. The van der Waals surface area contributed by atoms with Crippen LogP contribution < -0.4 is 15.7 Å². The maximum Gasteiger partial charge on any atom is 0.341 e. The Morgan fingerprint density at radius 1 is 1.23 bits per heavy atom. The molecule has 0 aliphatic rings. The Morgan fingerprint density at radius 2 is 2.00 bits per heavy atom. The van der Waals surface area contributed by atoms with E-state index in [0.29, 0.717) is 34.2 Å². The van der Waals surface area contributed by atoms with Crippen molar-refractivity contribution in [3.63, 3.8) is 0 Å². The molecule has 1 N–H and O–H groups in total. The number of carbonyl (C=O) groups excluding carboxylic acids is 2. The highest BCUT2D eigenvalue weighted by Gasteiger charge is 2.22. The van der Waals surface area contributed by atoms with E-state index in [1.54, 1.807) is 25.1 Å². The van der Waals surface area contributed by atoms with E-state index in [-0.39, 0.29) is 13.2 Å². The topological polar surface area (TPSA) is 94.8 Å². The standard InChI is InChI=1S/C23H25NO6S/c1-5-28-23(27)21-15(8-13(2)3)12-31-22(21)24-19(25)11-29-16-6-7-17-14(4)9-20(26)30-18(17)10-16/h6-7,9-10,12-13H,5,8,11H2,1-4H3,(H,24,25). The third-order valence-electron chi connectivity index (χ3n) is 4.52. The quantitative estimate of drug-likeness (QED) is 0.405. The number of rotatable bonds is 8. The highest BCUT2D eigenvalue weighted by molar-refractivity contribution is 7.15. The van der Waals surface area contributed by atoms with E-state index < -0.39 is 17.5 Å². The fraction of sp³-hybridized carbons (Fsp3) is 0.348. The van der Waals surface area contributed by atoms with Crippen LogP contribution in [0.25, 0.3) is 11.0 Å². The van der Waals surface area contributed by atoms with Crippen molar-refractivity contribution in [3.8, 4) is 5.75 Å². The van der Waals surface area contributed by atoms with Crippen LogP contribution in [0.5, 0.6) is 5.75 Å². The van der Waals surface area contributed by atoms with E-state index in [1.807, 2.05) is 12.3 Å². The molecular formula is C23H25NO6S. The second kappa shape index (κ2) is 9.78. The minimum absolute atomic E-state index is 0.254. The molecule has 0 saturated heterocycles. The summed E-state index contributed by atoms with van der Waals surface area (Å²) in [6, 6.07) is 6.48. The summed E-state index contributed by atoms with van der Waals surface area (Å²) in [6.07, 6.45) is 0.707. The molecule has 1 amide bonds. The Balaban J connectivity index is 1.72. The molecule has 7 nitrogen and oxygen atoms in total. The number of hydrogen-bond donors (Lipinski definition) is 1. The number of amides is 1. The smallest absolute Gasteiger partial charge is 0.341 e. The fourth-order valence-electron chi connectivity index (χ4n) is 3.21. The Hall–Kier alpha value is -3.13. The lowest BCUT2D eigenvalue weighted by molar-refractivity contribution is -0.118. The number of thiophene rings is 1. The molecular weight excluding hydrogens is 418 g/mol. The first-order chi connectivity index (χ1) is 14.8. The van der Waals surface area contributed by atoms with Crippen LogP contribution in [-0.4, -0.2) is 25.1 Å². The van der Waals surface area contributed by atoms with Gasteiger partial charge in [0.1, 0.15) is 16.3 Å². The van der Waals surface area contributed by atoms with Gasteiger partial charge in [-0.1, -0.05) is 13.8 Å². The number of nitrogens with one attached hydrogen (secondary N) is 1. The normalized spacial score (nSPS) is 11.0. The number of fused-ring (bicyclic) bond motifs is 1. The Labute approximate surface area is 184 Å². The van der Waals surface area contributed by atoms with E-state index in [4.69, 9.17) is 13.9 Å². The van der Waals surface area contributed by atoms with E-state index in [9.17, 15) is 14.4 Å². The monoisotopic (exact) mass is 443 g/mol. The number of aryl methyl sites for hydroxylation is 1. The van der Waals surface area contributed by atoms with Gasteiger partial charge in [-0.05, 0) is 54.8 Å². The molecule has 8 heteroatoms. The molecule has 0 saturated carbocycles. The molecule has 0 unspecified atom stereocenters. The van der Waals surface area contributed by atoms with Crippen LogP contribution in [-0.2, 0) is 16.0 Å². The summed E-state index contributed by atoms with van der Waals surface area (Å²) in [4.78, 5) is 36.5. The molecule has 0 bridgehead atoms. The van der Waals surface area contributed by atoms with E-state index in [1.165, 1.54) is 17.4 Å². The van der Waals surface area contributed by atoms with Gasteiger partial charge in [0.25, 0.3) is 5.91 Å². The third-order valence-corrected chi connectivity index (χ3v) is 5.46. The van der Waals surface area contributed by atoms with Crippen molar-refractivity contribution in [2.75, 3.05) is 18.5 Å². The van der Waals surface area contributed by atoms with E-state index in [0.717, 1.165) is 16.5 Å². The third kappa shape index (κ3) is 5.52. The van der Waals surface area contributed by atoms with Crippen molar-refractivity contribution in [1.82, 2.24) is 0 Å². The summed E-state index contributed by atoms with van der Waals surface area (Å²) in [5.74, 6) is -0.107. The lowest BCUT2D eigenvalue weighted by Crippen LogP contribution is -2.21. The number of anilines is 1. The number of carbonyl (C=O) groups is 2. The van der Waals surface area contributed by atoms with Crippen LogP contribution in [0.15, 0.2) is 38.9 Å². The molecule has 0 aliphatic heterocycles. The van der Waals surface area contributed by atoms with Gasteiger partial charge in [0.15, 0.2) is 6.61 Å². The van der Waals surface area contributed by atoms with Crippen molar-refractivity contribution in [3.05, 3.63) is 56.8 Å². The van der Waals surface area contributed by atoms with E-state index >= 15 is 0 Å². The van der Waals surface area contributed by atoms with E-state index in [2.05, 4.69) is 19.2 Å². The molecule has 3 aromatic rings. The molecule has 31 heavy (non-hydrogen) atoms.